The number of aromatic nitrogens is 1. The molecule has 1 aromatic heterocycles. The Labute approximate surface area is 62.9 Å². The van der Waals surface area contributed by atoms with E-state index in [2.05, 4.69) is 4.98 Å². The van der Waals surface area contributed by atoms with Crippen LogP contribution in [0.3, 0.4) is 0 Å². The first-order valence-corrected chi connectivity index (χ1v) is 4.12. The Morgan fingerprint density at radius 2 is 2.50 bits per heavy atom. The molecule has 10 heavy (non-hydrogen) atoms. The number of carbonyl (C=O) groups excluding carboxylic acids is 1. The van der Waals surface area contributed by atoms with Gasteiger partial charge < -0.3 is 0 Å². The number of rotatable bonds is 2. The van der Waals surface area contributed by atoms with E-state index >= 15 is 0 Å². The molecule has 1 aliphatic rings. The van der Waals surface area contributed by atoms with Crippen molar-refractivity contribution < 1.29 is 4.79 Å². The number of nitrogens with zero attached hydrogens (tertiary/aromatic N) is 1. The van der Waals surface area contributed by atoms with E-state index in [1.165, 1.54) is 29.1 Å². The highest BCUT2D eigenvalue weighted by Gasteiger charge is 2.25. The highest BCUT2D eigenvalue weighted by atomic mass is 32.1. The third-order valence-electron chi connectivity index (χ3n) is 1.62. The maximum atomic E-state index is 10.2. The predicted molar refractivity (Wildman–Crippen MR) is 39.5 cm³/mol. The second-order valence-corrected chi connectivity index (χ2v) is 3.59. The van der Waals surface area contributed by atoms with Crippen LogP contribution in [0.4, 0.5) is 0 Å². The summed E-state index contributed by atoms with van der Waals surface area (Å²) in [6.07, 6.45) is 5.20. The molecule has 0 unspecified atom stereocenters. The number of aldehydes is 1. The first-order valence-electron chi connectivity index (χ1n) is 3.31. The largest absolute Gasteiger partial charge is 0.295 e. The first kappa shape index (κ1) is 6.04. The standard InChI is InChI=1S/C7H7NOS/c9-4-7-8-3-6(10-7)5-1-2-5/h3-5H,1-2H2. The van der Waals surface area contributed by atoms with E-state index in [0.29, 0.717) is 5.01 Å². The van der Waals surface area contributed by atoms with Gasteiger partial charge in [-0.05, 0) is 18.8 Å². The summed E-state index contributed by atoms with van der Waals surface area (Å²) < 4.78 is 0. The summed E-state index contributed by atoms with van der Waals surface area (Å²) in [5, 5.41) is 0.613. The molecule has 52 valence electrons. The van der Waals surface area contributed by atoms with E-state index in [-0.39, 0.29) is 0 Å². The Hall–Kier alpha value is -0.700. The summed E-state index contributed by atoms with van der Waals surface area (Å²) in [6, 6.07) is 0. The molecule has 1 heterocycles. The van der Waals surface area contributed by atoms with Crippen LogP contribution in [-0.2, 0) is 0 Å². The fourth-order valence-corrected chi connectivity index (χ4v) is 1.81. The Kier molecular flexibility index (Phi) is 1.31. The van der Waals surface area contributed by atoms with Crippen molar-refractivity contribution in [3.05, 3.63) is 16.1 Å². The van der Waals surface area contributed by atoms with Gasteiger partial charge in [0.15, 0.2) is 11.3 Å². The van der Waals surface area contributed by atoms with Crippen LogP contribution in [0.1, 0.15) is 33.4 Å². The lowest BCUT2D eigenvalue weighted by atomic mass is 10.4. The topological polar surface area (TPSA) is 30.0 Å². The van der Waals surface area contributed by atoms with Crippen LogP contribution in [0.15, 0.2) is 6.20 Å². The SMILES string of the molecule is O=Cc1ncc(C2CC2)s1. The number of hydrogen-bond donors (Lipinski definition) is 0. The van der Waals surface area contributed by atoms with Crippen LogP contribution in [0.5, 0.6) is 0 Å². The molecule has 1 aromatic rings. The maximum absolute atomic E-state index is 10.2. The number of hydrogen-bond acceptors (Lipinski definition) is 3. The van der Waals surface area contributed by atoms with Gasteiger partial charge in [0.05, 0.1) is 0 Å². The van der Waals surface area contributed by atoms with Crippen LogP contribution in [-0.4, -0.2) is 11.3 Å². The minimum atomic E-state index is 0.613. The summed E-state index contributed by atoms with van der Waals surface area (Å²) >= 11 is 1.52. The van der Waals surface area contributed by atoms with E-state index < -0.39 is 0 Å². The van der Waals surface area contributed by atoms with Crippen LogP contribution in [0.2, 0.25) is 0 Å². The van der Waals surface area contributed by atoms with Crippen molar-refractivity contribution in [1.29, 1.82) is 0 Å². The van der Waals surface area contributed by atoms with Gasteiger partial charge in [-0.1, -0.05) is 0 Å². The fourth-order valence-electron chi connectivity index (χ4n) is 0.912. The highest BCUT2D eigenvalue weighted by molar-refractivity contribution is 7.13. The van der Waals surface area contributed by atoms with E-state index in [9.17, 15) is 4.79 Å². The molecule has 0 spiro atoms. The molecule has 0 radical (unpaired) electrons. The summed E-state index contributed by atoms with van der Waals surface area (Å²) in [4.78, 5) is 15.4. The molecule has 0 N–H and O–H groups in total. The average Bonchev–Trinajstić information content (AvgIpc) is 2.70. The minimum absolute atomic E-state index is 0.613. The number of carbonyl (C=O) groups is 1. The predicted octanol–water partition coefficient (Wildman–Crippen LogP) is 1.83. The number of thiazole rings is 1. The van der Waals surface area contributed by atoms with Crippen molar-refractivity contribution in [3.63, 3.8) is 0 Å². The zero-order valence-corrected chi connectivity index (χ0v) is 6.23. The lowest BCUT2D eigenvalue weighted by Crippen LogP contribution is -1.69. The zero-order chi connectivity index (χ0) is 6.97. The van der Waals surface area contributed by atoms with E-state index in [4.69, 9.17) is 0 Å². The van der Waals surface area contributed by atoms with Gasteiger partial charge in [-0.15, -0.1) is 11.3 Å². The molecule has 0 saturated heterocycles. The van der Waals surface area contributed by atoms with E-state index in [0.717, 1.165) is 12.2 Å². The highest BCUT2D eigenvalue weighted by Crippen LogP contribution is 2.42. The second-order valence-electron chi connectivity index (χ2n) is 2.49. The smallest absolute Gasteiger partial charge is 0.178 e. The Bertz CT molecular complexity index is 252. The first-order chi connectivity index (χ1) is 4.90. The molecule has 0 aromatic carbocycles. The lowest BCUT2D eigenvalue weighted by molar-refractivity contribution is 0.112. The third kappa shape index (κ3) is 0.968. The molecule has 2 rings (SSSR count). The monoisotopic (exact) mass is 153 g/mol. The molecule has 0 atom stereocenters. The third-order valence-corrected chi connectivity index (χ3v) is 2.71. The van der Waals surface area contributed by atoms with Crippen molar-refractivity contribution in [1.82, 2.24) is 4.98 Å². The Morgan fingerprint density at radius 1 is 1.70 bits per heavy atom. The normalized spacial score (nSPS) is 17.2. The maximum Gasteiger partial charge on any atom is 0.178 e. The molecule has 3 heteroatoms. The molecule has 1 aliphatic carbocycles. The molecule has 0 bridgehead atoms. The minimum Gasteiger partial charge on any atom is -0.295 e. The summed E-state index contributed by atoms with van der Waals surface area (Å²) in [5.41, 5.74) is 0. The molecule has 1 fully saturated rings. The average molecular weight is 153 g/mol. The molecular weight excluding hydrogens is 146 g/mol. The molecule has 0 aliphatic heterocycles. The second kappa shape index (κ2) is 2.16. The van der Waals surface area contributed by atoms with Gasteiger partial charge in [0.2, 0.25) is 0 Å². The Balaban J connectivity index is 2.26. The lowest BCUT2D eigenvalue weighted by Gasteiger charge is -1.81. The van der Waals surface area contributed by atoms with Gasteiger partial charge in [0.1, 0.15) is 0 Å². The van der Waals surface area contributed by atoms with Gasteiger partial charge in [-0.25, -0.2) is 4.98 Å². The van der Waals surface area contributed by atoms with Gasteiger partial charge in [-0.3, -0.25) is 4.79 Å². The van der Waals surface area contributed by atoms with Crippen LogP contribution in [0.25, 0.3) is 0 Å². The van der Waals surface area contributed by atoms with Crippen molar-refractivity contribution in [3.8, 4) is 0 Å². The van der Waals surface area contributed by atoms with E-state index in [1.54, 1.807) is 0 Å². The fraction of sp³-hybridized carbons (Fsp3) is 0.429. The molecule has 2 nitrogen and oxygen atoms in total. The van der Waals surface area contributed by atoms with Gasteiger partial charge >= 0.3 is 0 Å². The summed E-state index contributed by atoms with van der Waals surface area (Å²) in [6.45, 7) is 0. The van der Waals surface area contributed by atoms with Crippen LogP contribution in [0, 0.1) is 0 Å². The summed E-state index contributed by atoms with van der Waals surface area (Å²) in [5.74, 6) is 0.728. The molecular formula is C7H7NOS. The van der Waals surface area contributed by atoms with Crippen molar-refractivity contribution in [2.24, 2.45) is 0 Å². The Morgan fingerprint density at radius 3 is 3.00 bits per heavy atom. The van der Waals surface area contributed by atoms with Crippen molar-refractivity contribution >= 4 is 17.6 Å². The van der Waals surface area contributed by atoms with Gasteiger partial charge in [0.25, 0.3) is 0 Å². The van der Waals surface area contributed by atoms with Crippen LogP contribution < -0.4 is 0 Å². The van der Waals surface area contributed by atoms with E-state index in [1.807, 2.05) is 6.20 Å². The van der Waals surface area contributed by atoms with Crippen LogP contribution >= 0.6 is 11.3 Å². The van der Waals surface area contributed by atoms with Gasteiger partial charge in [0, 0.05) is 11.1 Å². The van der Waals surface area contributed by atoms with Crippen molar-refractivity contribution in [2.75, 3.05) is 0 Å². The van der Waals surface area contributed by atoms with Gasteiger partial charge in [-0.2, -0.15) is 0 Å². The molecule has 0 amide bonds. The zero-order valence-electron chi connectivity index (χ0n) is 5.41. The summed E-state index contributed by atoms with van der Waals surface area (Å²) in [7, 11) is 0. The van der Waals surface area contributed by atoms with Crippen molar-refractivity contribution in [2.45, 2.75) is 18.8 Å². The molecule has 1 saturated carbocycles. The quantitative estimate of drug-likeness (QED) is 0.607.